The Labute approximate surface area is 83.4 Å². The van der Waals surface area contributed by atoms with Gasteiger partial charge in [0.1, 0.15) is 0 Å². The molecule has 1 aromatic rings. The molecule has 2 heterocycles. The van der Waals surface area contributed by atoms with Crippen LogP contribution in [0.3, 0.4) is 0 Å². The Morgan fingerprint density at radius 2 is 2.29 bits per heavy atom. The highest BCUT2D eigenvalue weighted by Crippen LogP contribution is 2.25. The summed E-state index contributed by atoms with van der Waals surface area (Å²) in [4.78, 5) is 3.86. The third-order valence-electron chi connectivity index (χ3n) is 2.51. The zero-order valence-corrected chi connectivity index (χ0v) is 9.03. The Hall–Kier alpha value is -0.880. The van der Waals surface area contributed by atoms with Gasteiger partial charge in [-0.2, -0.15) is 4.31 Å². The van der Waals surface area contributed by atoms with Crippen LogP contribution in [0.15, 0.2) is 17.6 Å². The number of sulfonamides is 1. The van der Waals surface area contributed by atoms with Gasteiger partial charge >= 0.3 is 0 Å². The van der Waals surface area contributed by atoms with Gasteiger partial charge < -0.3 is 4.57 Å². The van der Waals surface area contributed by atoms with E-state index in [1.165, 1.54) is 16.8 Å². The molecule has 0 bridgehead atoms. The Morgan fingerprint density at radius 3 is 2.64 bits per heavy atom. The summed E-state index contributed by atoms with van der Waals surface area (Å²) in [5.74, 6) is 0. The van der Waals surface area contributed by atoms with Crippen molar-refractivity contribution in [2.75, 3.05) is 6.54 Å². The first kappa shape index (κ1) is 9.67. The van der Waals surface area contributed by atoms with Crippen LogP contribution in [0.5, 0.6) is 0 Å². The number of rotatable bonds is 2. The summed E-state index contributed by atoms with van der Waals surface area (Å²) in [7, 11) is -1.57. The van der Waals surface area contributed by atoms with Gasteiger partial charge in [-0.3, -0.25) is 0 Å². The molecule has 5 nitrogen and oxygen atoms in total. The summed E-state index contributed by atoms with van der Waals surface area (Å²) < 4.78 is 26.9. The monoisotopic (exact) mass is 215 g/mol. The summed E-state index contributed by atoms with van der Waals surface area (Å²) in [6, 6.07) is 0.113. The molecule has 0 saturated carbocycles. The molecule has 1 aliphatic rings. The molecule has 1 atom stereocenters. The van der Waals surface area contributed by atoms with Crippen molar-refractivity contribution >= 4 is 10.0 Å². The molecule has 14 heavy (non-hydrogen) atoms. The zero-order chi connectivity index (χ0) is 10.3. The molecule has 1 aromatic heterocycles. The van der Waals surface area contributed by atoms with Crippen LogP contribution < -0.4 is 0 Å². The molecular weight excluding hydrogens is 202 g/mol. The van der Waals surface area contributed by atoms with Crippen molar-refractivity contribution in [3.63, 3.8) is 0 Å². The lowest BCUT2D eigenvalue weighted by molar-refractivity contribution is 0.217. The minimum atomic E-state index is -3.33. The number of imidazole rings is 1. The maximum Gasteiger partial charge on any atom is 0.262 e. The first-order valence-electron chi connectivity index (χ1n) is 4.51. The normalized spacial score (nSPS) is 23.4. The first-order chi connectivity index (χ1) is 6.51. The third kappa shape index (κ3) is 1.34. The van der Waals surface area contributed by atoms with Gasteiger partial charge in [0.25, 0.3) is 10.0 Å². The largest absolute Gasteiger partial charge is 0.339 e. The maximum atomic E-state index is 11.9. The van der Waals surface area contributed by atoms with E-state index in [0.29, 0.717) is 6.54 Å². The highest BCUT2D eigenvalue weighted by Gasteiger charge is 2.36. The molecule has 78 valence electrons. The molecule has 0 aliphatic carbocycles. The SMILES string of the molecule is C[C@H]1CCN1S(=O)(=O)c1cn(C)cn1. The number of nitrogens with zero attached hydrogens (tertiary/aromatic N) is 3. The summed E-state index contributed by atoms with van der Waals surface area (Å²) in [6.07, 6.45) is 3.96. The lowest BCUT2D eigenvalue weighted by atomic mass is 10.1. The van der Waals surface area contributed by atoms with Gasteiger partial charge in [0.2, 0.25) is 0 Å². The van der Waals surface area contributed by atoms with Crippen molar-refractivity contribution in [1.29, 1.82) is 0 Å². The summed E-state index contributed by atoms with van der Waals surface area (Å²) in [5, 5.41) is 0.145. The molecule has 1 aliphatic heterocycles. The fraction of sp³-hybridized carbons (Fsp3) is 0.625. The topological polar surface area (TPSA) is 55.2 Å². The first-order valence-corrected chi connectivity index (χ1v) is 5.95. The molecule has 6 heteroatoms. The van der Waals surface area contributed by atoms with Gasteiger partial charge in [-0.05, 0) is 13.3 Å². The van der Waals surface area contributed by atoms with Crippen LogP contribution in [-0.2, 0) is 17.1 Å². The van der Waals surface area contributed by atoms with E-state index in [0.717, 1.165) is 6.42 Å². The number of hydrogen-bond donors (Lipinski definition) is 0. The van der Waals surface area contributed by atoms with Crippen LogP contribution >= 0.6 is 0 Å². The Bertz CT molecular complexity index is 437. The highest BCUT2D eigenvalue weighted by atomic mass is 32.2. The van der Waals surface area contributed by atoms with E-state index in [1.807, 2.05) is 6.92 Å². The van der Waals surface area contributed by atoms with E-state index in [9.17, 15) is 8.42 Å². The van der Waals surface area contributed by atoms with Crippen molar-refractivity contribution < 1.29 is 8.42 Å². The Balaban J connectivity index is 2.33. The van der Waals surface area contributed by atoms with E-state index in [-0.39, 0.29) is 11.1 Å². The number of hydrogen-bond acceptors (Lipinski definition) is 3. The molecule has 0 N–H and O–H groups in total. The van der Waals surface area contributed by atoms with Crippen molar-refractivity contribution in [1.82, 2.24) is 13.9 Å². The molecule has 0 unspecified atom stereocenters. The fourth-order valence-electron chi connectivity index (χ4n) is 1.49. The van der Waals surface area contributed by atoms with Crippen molar-refractivity contribution in [2.24, 2.45) is 7.05 Å². The van der Waals surface area contributed by atoms with E-state index in [2.05, 4.69) is 4.98 Å². The molecule has 0 spiro atoms. The van der Waals surface area contributed by atoms with Crippen LogP contribution in [0, 0.1) is 0 Å². The van der Waals surface area contributed by atoms with E-state index >= 15 is 0 Å². The van der Waals surface area contributed by atoms with E-state index < -0.39 is 10.0 Å². The molecule has 0 radical (unpaired) electrons. The average Bonchev–Trinajstić information content (AvgIpc) is 2.49. The second-order valence-corrected chi connectivity index (χ2v) is 5.47. The smallest absolute Gasteiger partial charge is 0.262 e. The summed E-state index contributed by atoms with van der Waals surface area (Å²) in [5.41, 5.74) is 0. The maximum absolute atomic E-state index is 11.9. The van der Waals surface area contributed by atoms with E-state index in [1.54, 1.807) is 11.6 Å². The van der Waals surface area contributed by atoms with Gasteiger partial charge in [-0.15, -0.1) is 0 Å². The standard InChI is InChI=1S/C8H13N3O2S/c1-7-3-4-11(7)14(12,13)8-5-10(2)6-9-8/h5-7H,3-4H2,1-2H3/t7-/m0/s1. The van der Waals surface area contributed by atoms with Gasteiger partial charge in [-0.1, -0.05) is 0 Å². The predicted molar refractivity (Wildman–Crippen MR) is 51.2 cm³/mol. The lowest BCUT2D eigenvalue weighted by Crippen LogP contribution is -2.49. The van der Waals surface area contributed by atoms with Crippen LogP contribution in [0.1, 0.15) is 13.3 Å². The molecular formula is C8H13N3O2S. The van der Waals surface area contributed by atoms with Crippen LogP contribution in [0.25, 0.3) is 0 Å². The van der Waals surface area contributed by atoms with Crippen LogP contribution in [-0.4, -0.2) is 34.9 Å². The zero-order valence-electron chi connectivity index (χ0n) is 8.21. The average molecular weight is 215 g/mol. The third-order valence-corrected chi connectivity index (χ3v) is 4.41. The quantitative estimate of drug-likeness (QED) is 0.708. The van der Waals surface area contributed by atoms with Gasteiger partial charge in [0, 0.05) is 25.8 Å². The second kappa shape index (κ2) is 3.06. The molecule has 1 fully saturated rings. The second-order valence-electron chi connectivity index (χ2n) is 3.63. The fourth-order valence-corrected chi connectivity index (χ4v) is 3.14. The van der Waals surface area contributed by atoms with Crippen molar-refractivity contribution in [2.45, 2.75) is 24.4 Å². The predicted octanol–water partition coefficient (Wildman–Crippen LogP) is 0.203. The van der Waals surface area contributed by atoms with Crippen LogP contribution in [0.2, 0.25) is 0 Å². The number of aryl methyl sites for hydroxylation is 1. The lowest BCUT2D eigenvalue weighted by Gasteiger charge is -2.36. The summed E-state index contributed by atoms with van der Waals surface area (Å²) >= 11 is 0. The molecule has 2 rings (SSSR count). The van der Waals surface area contributed by atoms with Gasteiger partial charge in [-0.25, -0.2) is 13.4 Å². The van der Waals surface area contributed by atoms with Crippen molar-refractivity contribution in [3.8, 4) is 0 Å². The highest BCUT2D eigenvalue weighted by molar-refractivity contribution is 7.89. The minimum Gasteiger partial charge on any atom is -0.339 e. The Kier molecular flexibility index (Phi) is 2.11. The van der Waals surface area contributed by atoms with E-state index in [4.69, 9.17) is 0 Å². The van der Waals surface area contributed by atoms with Gasteiger partial charge in [0.15, 0.2) is 5.03 Å². The molecule has 0 amide bonds. The minimum absolute atomic E-state index is 0.113. The Morgan fingerprint density at radius 1 is 1.57 bits per heavy atom. The summed E-state index contributed by atoms with van der Waals surface area (Å²) in [6.45, 7) is 2.52. The van der Waals surface area contributed by atoms with Gasteiger partial charge in [0.05, 0.1) is 6.33 Å². The molecule has 0 aromatic carbocycles. The molecule has 1 saturated heterocycles. The van der Waals surface area contributed by atoms with Crippen LogP contribution in [0.4, 0.5) is 0 Å². The number of aromatic nitrogens is 2. The van der Waals surface area contributed by atoms with Crippen molar-refractivity contribution in [3.05, 3.63) is 12.5 Å².